The number of anilines is 1. The summed E-state index contributed by atoms with van der Waals surface area (Å²) >= 11 is 0. The molecule has 1 atom stereocenters. The third-order valence-corrected chi connectivity index (χ3v) is 5.25. The van der Waals surface area contributed by atoms with E-state index in [1.807, 2.05) is 54.6 Å². The number of carbonyl (C=O) groups excluding carboxylic acids is 1. The van der Waals surface area contributed by atoms with Crippen molar-refractivity contribution in [2.24, 2.45) is 0 Å². The highest BCUT2D eigenvalue weighted by Gasteiger charge is 2.25. The van der Waals surface area contributed by atoms with Crippen LogP contribution < -0.4 is 11.1 Å². The van der Waals surface area contributed by atoms with E-state index < -0.39 is 0 Å². The summed E-state index contributed by atoms with van der Waals surface area (Å²) in [6.45, 7) is 1.20. The number of nitrogen functional groups attached to an aromatic ring is 1. The second-order valence-corrected chi connectivity index (χ2v) is 7.16. The smallest absolute Gasteiger partial charge is 0.257 e. The Morgan fingerprint density at radius 1 is 1.10 bits per heavy atom. The predicted molar refractivity (Wildman–Crippen MR) is 112 cm³/mol. The number of benzene rings is 2. The van der Waals surface area contributed by atoms with Crippen LogP contribution in [0.5, 0.6) is 0 Å². The number of rotatable bonds is 4. The van der Waals surface area contributed by atoms with E-state index in [0.717, 1.165) is 36.2 Å². The fourth-order valence-corrected chi connectivity index (χ4v) is 3.82. The Labute approximate surface area is 167 Å². The van der Waals surface area contributed by atoms with Crippen LogP contribution in [0, 0.1) is 0 Å². The molecule has 1 aliphatic heterocycles. The summed E-state index contributed by atoms with van der Waals surface area (Å²) in [5.41, 5.74) is 10.2. The normalized spacial score (nSPS) is 16.5. The van der Waals surface area contributed by atoms with Crippen molar-refractivity contribution in [1.29, 1.82) is 0 Å². The van der Waals surface area contributed by atoms with E-state index in [4.69, 9.17) is 20.4 Å². The monoisotopic (exact) mass is 387 g/mol. The molecule has 0 unspecified atom stereocenters. The molecule has 146 valence electrons. The van der Waals surface area contributed by atoms with Crippen LogP contribution in [0.2, 0.25) is 0 Å². The summed E-state index contributed by atoms with van der Waals surface area (Å²) in [4.78, 5) is 22.6. The lowest BCUT2D eigenvalue weighted by Crippen LogP contribution is -2.32. The van der Waals surface area contributed by atoms with Crippen molar-refractivity contribution in [1.82, 2.24) is 19.9 Å². The van der Waals surface area contributed by atoms with E-state index >= 15 is 0 Å². The van der Waals surface area contributed by atoms with Crippen LogP contribution >= 0.6 is 0 Å². The largest absolute Gasteiger partial charge is 0.384 e. The van der Waals surface area contributed by atoms with Gasteiger partial charge in [0.2, 0.25) is 0 Å². The minimum absolute atomic E-state index is 0.0505. The number of fused-ring (bicyclic) bond motifs is 2. The molecule has 0 saturated carbocycles. The molecule has 4 aromatic rings. The lowest BCUT2D eigenvalue weighted by atomic mass is 10.2. The third-order valence-electron chi connectivity index (χ3n) is 5.25. The average molecular weight is 387 g/mol. The second kappa shape index (κ2) is 7.18. The standard InChI is InChI=1S/C22H21N5O2/c23-20-18(22(28)24-13-15-9-6-12-29-15)19-21(27(20)14-7-2-1-3-8-14)26-17-11-5-4-10-16(17)25-19/h1-5,7-8,10-11,15H,6,9,12-13,23H2,(H,24,28)/t15-/m0/s1. The fraction of sp³-hybridized carbons (Fsp3) is 0.227. The van der Waals surface area contributed by atoms with Crippen molar-refractivity contribution in [2.45, 2.75) is 18.9 Å². The number of ether oxygens (including phenoxy) is 1. The van der Waals surface area contributed by atoms with Gasteiger partial charge in [-0.15, -0.1) is 0 Å². The highest BCUT2D eigenvalue weighted by molar-refractivity contribution is 6.11. The molecule has 1 fully saturated rings. The first-order chi connectivity index (χ1) is 14.2. The van der Waals surface area contributed by atoms with Crippen molar-refractivity contribution in [3.63, 3.8) is 0 Å². The van der Waals surface area contributed by atoms with Crippen molar-refractivity contribution < 1.29 is 9.53 Å². The molecule has 0 aliphatic carbocycles. The van der Waals surface area contributed by atoms with E-state index in [-0.39, 0.29) is 12.0 Å². The van der Waals surface area contributed by atoms with Crippen LogP contribution in [0.1, 0.15) is 23.2 Å². The predicted octanol–water partition coefficient (Wildman–Crippen LogP) is 3.06. The molecule has 3 heterocycles. The molecule has 2 aromatic carbocycles. The highest BCUT2D eigenvalue weighted by atomic mass is 16.5. The number of aromatic nitrogens is 3. The number of hydrogen-bond donors (Lipinski definition) is 2. The number of amides is 1. The van der Waals surface area contributed by atoms with Gasteiger partial charge in [-0.05, 0) is 37.1 Å². The molecule has 3 N–H and O–H groups in total. The molecule has 7 nitrogen and oxygen atoms in total. The van der Waals surface area contributed by atoms with Gasteiger partial charge in [0, 0.05) is 18.8 Å². The van der Waals surface area contributed by atoms with Crippen molar-refractivity contribution in [3.05, 3.63) is 60.2 Å². The van der Waals surface area contributed by atoms with Gasteiger partial charge in [0.05, 0.1) is 17.1 Å². The summed E-state index contributed by atoms with van der Waals surface area (Å²) in [6, 6.07) is 17.2. The zero-order valence-corrected chi connectivity index (χ0v) is 15.8. The topological polar surface area (TPSA) is 95.1 Å². The number of hydrogen-bond acceptors (Lipinski definition) is 5. The van der Waals surface area contributed by atoms with Crippen LogP contribution in [0.4, 0.5) is 5.82 Å². The molecule has 5 rings (SSSR count). The highest BCUT2D eigenvalue weighted by Crippen LogP contribution is 2.30. The van der Waals surface area contributed by atoms with Gasteiger partial charge >= 0.3 is 0 Å². The molecule has 0 spiro atoms. The molecule has 1 aliphatic rings. The van der Waals surface area contributed by atoms with Crippen LogP contribution in [-0.2, 0) is 4.74 Å². The van der Waals surface area contributed by atoms with Gasteiger partial charge in [0.1, 0.15) is 16.9 Å². The van der Waals surface area contributed by atoms with Gasteiger partial charge in [-0.25, -0.2) is 9.97 Å². The number of nitrogens with two attached hydrogens (primary N) is 1. The van der Waals surface area contributed by atoms with E-state index in [9.17, 15) is 4.79 Å². The van der Waals surface area contributed by atoms with Gasteiger partial charge in [0.25, 0.3) is 5.91 Å². The Balaban J connectivity index is 1.66. The average Bonchev–Trinajstić information content (AvgIpc) is 3.36. The Bertz CT molecular complexity index is 1200. The molecular weight excluding hydrogens is 366 g/mol. The summed E-state index contributed by atoms with van der Waals surface area (Å²) in [5.74, 6) is 0.0635. The van der Waals surface area contributed by atoms with E-state index in [1.165, 1.54) is 0 Å². The van der Waals surface area contributed by atoms with E-state index in [2.05, 4.69) is 5.32 Å². The summed E-state index contributed by atoms with van der Waals surface area (Å²) in [6.07, 6.45) is 2.02. The Hall–Kier alpha value is -3.45. The van der Waals surface area contributed by atoms with Gasteiger partial charge in [-0.3, -0.25) is 9.36 Å². The molecular formula is C22H21N5O2. The van der Waals surface area contributed by atoms with Crippen LogP contribution in [-0.4, -0.2) is 39.7 Å². The minimum Gasteiger partial charge on any atom is -0.384 e. The lowest BCUT2D eigenvalue weighted by Gasteiger charge is -2.11. The van der Waals surface area contributed by atoms with E-state index in [1.54, 1.807) is 4.57 Å². The maximum absolute atomic E-state index is 13.1. The molecule has 2 aromatic heterocycles. The Kier molecular flexibility index (Phi) is 4.37. The maximum atomic E-state index is 13.1. The molecule has 0 bridgehead atoms. The van der Waals surface area contributed by atoms with Crippen molar-refractivity contribution in [3.8, 4) is 5.69 Å². The first-order valence-corrected chi connectivity index (χ1v) is 9.74. The minimum atomic E-state index is -0.262. The van der Waals surface area contributed by atoms with Gasteiger partial charge < -0.3 is 15.8 Å². The van der Waals surface area contributed by atoms with Gasteiger partial charge in [-0.2, -0.15) is 0 Å². The summed E-state index contributed by atoms with van der Waals surface area (Å²) < 4.78 is 7.40. The molecule has 1 saturated heterocycles. The number of para-hydroxylation sites is 3. The lowest BCUT2D eigenvalue weighted by molar-refractivity contribution is 0.0859. The number of nitrogens with zero attached hydrogens (tertiary/aromatic N) is 3. The number of carbonyl (C=O) groups is 1. The third kappa shape index (κ3) is 3.09. The second-order valence-electron chi connectivity index (χ2n) is 7.16. The summed E-state index contributed by atoms with van der Waals surface area (Å²) in [5, 5.41) is 2.96. The van der Waals surface area contributed by atoms with Crippen LogP contribution in [0.3, 0.4) is 0 Å². The molecule has 0 radical (unpaired) electrons. The Morgan fingerprint density at radius 2 is 1.83 bits per heavy atom. The SMILES string of the molecule is Nc1c(C(=O)NC[C@@H]2CCCO2)c2nc3ccccc3nc2n1-c1ccccc1. The van der Waals surface area contributed by atoms with Gasteiger partial charge in [-0.1, -0.05) is 30.3 Å². The van der Waals surface area contributed by atoms with E-state index in [0.29, 0.717) is 29.1 Å². The number of nitrogens with one attached hydrogen (secondary N) is 1. The van der Waals surface area contributed by atoms with Crippen LogP contribution in [0.15, 0.2) is 54.6 Å². The molecule has 1 amide bonds. The molecule has 29 heavy (non-hydrogen) atoms. The first-order valence-electron chi connectivity index (χ1n) is 9.74. The zero-order valence-electron chi connectivity index (χ0n) is 15.8. The van der Waals surface area contributed by atoms with Crippen LogP contribution in [0.25, 0.3) is 27.9 Å². The van der Waals surface area contributed by atoms with Crippen molar-refractivity contribution in [2.75, 3.05) is 18.9 Å². The van der Waals surface area contributed by atoms with Crippen molar-refractivity contribution >= 4 is 33.9 Å². The maximum Gasteiger partial charge on any atom is 0.257 e. The molecule has 7 heteroatoms. The van der Waals surface area contributed by atoms with Gasteiger partial charge in [0.15, 0.2) is 5.65 Å². The Morgan fingerprint density at radius 3 is 2.55 bits per heavy atom. The summed E-state index contributed by atoms with van der Waals surface area (Å²) in [7, 11) is 0. The first kappa shape index (κ1) is 17.6. The quantitative estimate of drug-likeness (QED) is 0.561. The fourth-order valence-electron chi connectivity index (χ4n) is 3.82. The zero-order chi connectivity index (χ0) is 19.8.